The van der Waals surface area contributed by atoms with Crippen molar-refractivity contribution in [2.24, 2.45) is 0 Å². The van der Waals surface area contributed by atoms with Crippen LogP contribution >= 0.6 is 0 Å². The van der Waals surface area contributed by atoms with Gasteiger partial charge in [0.2, 0.25) is 0 Å². The smallest absolute Gasteiger partial charge is 0.331 e. The van der Waals surface area contributed by atoms with Crippen LogP contribution in [0.1, 0.15) is 12.6 Å². The zero-order valence-electron chi connectivity index (χ0n) is 6.57. The van der Waals surface area contributed by atoms with Gasteiger partial charge in [-0.05, 0) is 18.8 Å². The standard InChI is InChI=1S/C7H10N2O2/c1-3-11-7-4-6(2)9(10)5-8-7/h4-5H,3H2,1-2H3. The van der Waals surface area contributed by atoms with Crippen molar-refractivity contribution >= 4 is 0 Å². The van der Waals surface area contributed by atoms with E-state index < -0.39 is 0 Å². The first kappa shape index (κ1) is 7.78. The van der Waals surface area contributed by atoms with Gasteiger partial charge in [0.05, 0.1) is 12.7 Å². The molecule has 0 bridgehead atoms. The zero-order valence-corrected chi connectivity index (χ0v) is 6.57. The summed E-state index contributed by atoms with van der Waals surface area (Å²) in [5.41, 5.74) is 0.587. The molecule has 0 aromatic carbocycles. The summed E-state index contributed by atoms with van der Waals surface area (Å²) in [6.07, 6.45) is 1.19. The molecular weight excluding hydrogens is 144 g/mol. The van der Waals surface area contributed by atoms with E-state index in [0.29, 0.717) is 22.9 Å². The van der Waals surface area contributed by atoms with Gasteiger partial charge in [-0.1, -0.05) is 0 Å². The molecule has 1 heterocycles. The third kappa shape index (κ3) is 1.80. The Kier molecular flexibility index (Phi) is 2.25. The topological polar surface area (TPSA) is 49.1 Å². The average Bonchev–Trinajstić information content (AvgIpc) is 1.98. The lowest BCUT2D eigenvalue weighted by molar-refractivity contribution is -0.615. The van der Waals surface area contributed by atoms with Crippen LogP contribution in [0.15, 0.2) is 12.4 Å². The third-order valence-electron chi connectivity index (χ3n) is 1.26. The van der Waals surface area contributed by atoms with E-state index >= 15 is 0 Å². The van der Waals surface area contributed by atoms with Crippen molar-refractivity contribution in [2.75, 3.05) is 6.61 Å². The van der Waals surface area contributed by atoms with Crippen molar-refractivity contribution < 1.29 is 9.47 Å². The molecule has 0 N–H and O–H groups in total. The molecule has 0 fully saturated rings. The fraction of sp³-hybridized carbons (Fsp3) is 0.429. The van der Waals surface area contributed by atoms with Gasteiger partial charge in [0.1, 0.15) is 5.69 Å². The molecule has 11 heavy (non-hydrogen) atoms. The minimum Gasteiger partial charge on any atom is -0.711 e. The lowest BCUT2D eigenvalue weighted by Gasteiger charge is -2.03. The van der Waals surface area contributed by atoms with Gasteiger partial charge < -0.3 is 9.94 Å². The summed E-state index contributed by atoms with van der Waals surface area (Å²) in [5, 5.41) is 10.8. The predicted octanol–water partition coefficient (Wildman–Crippen LogP) is 0.422. The van der Waals surface area contributed by atoms with Crippen LogP contribution in [-0.4, -0.2) is 11.6 Å². The first-order valence-corrected chi connectivity index (χ1v) is 3.42. The molecule has 0 spiro atoms. The highest BCUT2D eigenvalue weighted by atomic mass is 16.5. The van der Waals surface area contributed by atoms with Crippen LogP contribution in [-0.2, 0) is 0 Å². The molecule has 60 valence electrons. The lowest BCUT2D eigenvalue weighted by atomic mass is 10.4. The summed E-state index contributed by atoms with van der Waals surface area (Å²) < 4.78 is 5.78. The average molecular weight is 154 g/mol. The quantitative estimate of drug-likeness (QED) is 0.458. The molecule has 1 rings (SSSR count). The minimum absolute atomic E-state index is 0.497. The van der Waals surface area contributed by atoms with E-state index in [9.17, 15) is 5.21 Å². The van der Waals surface area contributed by atoms with E-state index in [1.165, 1.54) is 6.33 Å². The Morgan fingerprint density at radius 2 is 2.45 bits per heavy atom. The molecule has 0 aliphatic heterocycles. The highest BCUT2D eigenvalue weighted by molar-refractivity contribution is 5.08. The van der Waals surface area contributed by atoms with Crippen LogP contribution in [0.25, 0.3) is 0 Å². The van der Waals surface area contributed by atoms with E-state index in [-0.39, 0.29) is 0 Å². The van der Waals surface area contributed by atoms with Crippen LogP contribution in [0.2, 0.25) is 0 Å². The Morgan fingerprint density at radius 3 is 3.00 bits per heavy atom. The molecule has 1 aromatic rings. The van der Waals surface area contributed by atoms with Crippen molar-refractivity contribution in [3.63, 3.8) is 0 Å². The molecule has 0 amide bonds. The highest BCUT2D eigenvalue weighted by Crippen LogP contribution is 2.03. The van der Waals surface area contributed by atoms with Crippen LogP contribution in [0, 0.1) is 12.1 Å². The van der Waals surface area contributed by atoms with E-state index in [4.69, 9.17) is 4.74 Å². The Morgan fingerprint density at radius 1 is 1.73 bits per heavy atom. The first-order chi connectivity index (χ1) is 5.24. The molecular formula is C7H10N2O2. The number of hydrogen-bond donors (Lipinski definition) is 0. The van der Waals surface area contributed by atoms with E-state index in [1.54, 1.807) is 13.0 Å². The second-order valence-corrected chi connectivity index (χ2v) is 2.13. The molecule has 0 radical (unpaired) electrons. The van der Waals surface area contributed by atoms with Gasteiger partial charge in [-0.2, -0.15) is 0 Å². The molecule has 4 heteroatoms. The number of ether oxygens (including phenoxy) is 1. The normalized spacial score (nSPS) is 9.64. The van der Waals surface area contributed by atoms with Crippen molar-refractivity contribution in [3.05, 3.63) is 23.3 Å². The van der Waals surface area contributed by atoms with Crippen LogP contribution in [0.5, 0.6) is 5.88 Å². The fourth-order valence-corrected chi connectivity index (χ4v) is 0.707. The molecule has 4 nitrogen and oxygen atoms in total. The Balaban J connectivity index is 2.86. The van der Waals surface area contributed by atoms with Crippen molar-refractivity contribution in [1.29, 1.82) is 0 Å². The third-order valence-corrected chi connectivity index (χ3v) is 1.26. The Labute approximate surface area is 65.0 Å². The summed E-state index contributed by atoms with van der Waals surface area (Å²) in [6, 6.07) is 1.61. The lowest BCUT2D eigenvalue weighted by Crippen LogP contribution is -2.29. The second-order valence-electron chi connectivity index (χ2n) is 2.13. The summed E-state index contributed by atoms with van der Waals surface area (Å²) in [7, 11) is 0. The maximum Gasteiger partial charge on any atom is 0.331 e. The zero-order chi connectivity index (χ0) is 8.27. The predicted molar refractivity (Wildman–Crippen MR) is 39.1 cm³/mol. The molecule has 0 saturated heterocycles. The van der Waals surface area contributed by atoms with Gasteiger partial charge in [0.15, 0.2) is 0 Å². The summed E-state index contributed by atoms with van der Waals surface area (Å²) in [4.78, 5) is 3.76. The summed E-state index contributed by atoms with van der Waals surface area (Å²) in [6.45, 7) is 4.14. The number of aromatic nitrogens is 2. The van der Waals surface area contributed by atoms with Gasteiger partial charge in [-0.25, -0.2) is 4.73 Å². The van der Waals surface area contributed by atoms with Gasteiger partial charge in [0, 0.05) is 0 Å². The van der Waals surface area contributed by atoms with Crippen molar-refractivity contribution in [2.45, 2.75) is 13.8 Å². The molecule has 0 aliphatic rings. The molecule has 0 aliphatic carbocycles. The summed E-state index contributed by atoms with van der Waals surface area (Å²) >= 11 is 0. The molecule has 0 unspecified atom stereocenters. The van der Waals surface area contributed by atoms with Crippen LogP contribution in [0.3, 0.4) is 0 Å². The van der Waals surface area contributed by atoms with Crippen LogP contribution in [0.4, 0.5) is 0 Å². The largest absolute Gasteiger partial charge is 0.711 e. The molecule has 1 aromatic heterocycles. The van der Waals surface area contributed by atoms with E-state index in [0.717, 1.165) is 0 Å². The molecule has 0 saturated carbocycles. The van der Waals surface area contributed by atoms with Gasteiger partial charge >= 0.3 is 5.88 Å². The summed E-state index contributed by atoms with van der Waals surface area (Å²) in [5.74, 6) is 0.497. The SMILES string of the molecule is CCOc1cc(C)[n+]([O-])cn1. The van der Waals surface area contributed by atoms with Gasteiger partial charge in [-0.15, -0.1) is 0 Å². The van der Waals surface area contributed by atoms with E-state index in [1.807, 2.05) is 6.92 Å². The van der Waals surface area contributed by atoms with Gasteiger partial charge in [0.25, 0.3) is 6.33 Å². The monoisotopic (exact) mass is 154 g/mol. The Hall–Kier alpha value is -1.32. The number of hydrogen-bond acceptors (Lipinski definition) is 3. The van der Waals surface area contributed by atoms with E-state index in [2.05, 4.69) is 4.98 Å². The number of rotatable bonds is 2. The number of aryl methyl sites for hydroxylation is 1. The second kappa shape index (κ2) is 3.18. The Bertz CT molecular complexity index is 250. The van der Waals surface area contributed by atoms with Gasteiger partial charge in [-0.3, -0.25) is 0 Å². The number of nitrogens with zero attached hydrogens (tertiary/aromatic N) is 2. The van der Waals surface area contributed by atoms with Crippen molar-refractivity contribution in [3.8, 4) is 5.88 Å². The fourth-order valence-electron chi connectivity index (χ4n) is 0.707. The van der Waals surface area contributed by atoms with Crippen LogP contribution < -0.4 is 9.47 Å². The molecule has 0 atom stereocenters. The highest BCUT2D eigenvalue weighted by Gasteiger charge is 2.02. The maximum absolute atomic E-state index is 10.8. The van der Waals surface area contributed by atoms with Crippen molar-refractivity contribution in [1.82, 2.24) is 4.98 Å². The first-order valence-electron chi connectivity index (χ1n) is 3.42. The minimum atomic E-state index is 0.497. The maximum atomic E-state index is 10.8.